The molecule has 0 spiro atoms. The minimum Gasteiger partial charge on any atom is -0.291 e. The Balaban J connectivity index is 1.75. The Bertz CT molecular complexity index is 730. The number of rotatable bonds is 4. The van der Waals surface area contributed by atoms with Gasteiger partial charge < -0.3 is 0 Å². The summed E-state index contributed by atoms with van der Waals surface area (Å²) in [5.41, 5.74) is 2.17. The van der Waals surface area contributed by atoms with Gasteiger partial charge in [0.05, 0.1) is 16.6 Å². The van der Waals surface area contributed by atoms with E-state index in [4.69, 9.17) is 0 Å². The molecule has 0 amide bonds. The van der Waals surface area contributed by atoms with Crippen molar-refractivity contribution in [2.75, 3.05) is 12.8 Å². The van der Waals surface area contributed by atoms with Gasteiger partial charge in [0.2, 0.25) is 0 Å². The van der Waals surface area contributed by atoms with E-state index in [-0.39, 0.29) is 0 Å². The Morgan fingerprint density at radius 3 is 2.64 bits per heavy atom. The van der Waals surface area contributed by atoms with E-state index in [9.17, 15) is 8.42 Å². The Morgan fingerprint density at radius 2 is 2.00 bits per heavy atom. The van der Waals surface area contributed by atoms with E-state index in [0.29, 0.717) is 10.9 Å². The van der Waals surface area contributed by atoms with Crippen LogP contribution in [-0.4, -0.2) is 36.1 Å². The summed E-state index contributed by atoms with van der Waals surface area (Å²) >= 11 is 0. The molecule has 1 saturated heterocycles. The first kappa shape index (κ1) is 15.1. The van der Waals surface area contributed by atoms with Gasteiger partial charge in [0, 0.05) is 19.0 Å². The molecule has 1 aromatic carbocycles. The molecule has 116 valence electrons. The van der Waals surface area contributed by atoms with Crippen molar-refractivity contribution in [2.45, 2.75) is 30.3 Å². The van der Waals surface area contributed by atoms with Crippen molar-refractivity contribution in [3.8, 4) is 0 Å². The molecule has 2 aromatic rings. The third-order valence-corrected chi connectivity index (χ3v) is 5.18. The summed E-state index contributed by atoms with van der Waals surface area (Å²) in [5, 5.41) is 0. The Kier molecular flexibility index (Phi) is 4.22. The Hall–Kier alpha value is -1.79. The van der Waals surface area contributed by atoms with Crippen LogP contribution in [0, 0.1) is 0 Å². The zero-order valence-electron chi connectivity index (χ0n) is 12.5. The van der Waals surface area contributed by atoms with Gasteiger partial charge in [-0.15, -0.1) is 0 Å². The minimum atomic E-state index is -3.13. The largest absolute Gasteiger partial charge is 0.291 e. The van der Waals surface area contributed by atoms with Crippen LogP contribution in [0.25, 0.3) is 0 Å². The lowest BCUT2D eigenvalue weighted by atomic mass is 10.1. The summed E-state index contributed by atoms with van der Waals surface area (Å²) in [6.07, 6.45) is 6.84. The second-order valence-electron chi connectivity index (χ2n) is 5.68. The number of nitrogens with zero attached hydrogens (tertiary/aromatic N) is 3. The predicted octanol–water partition coefficient (Wildman–Crippen LogP) is 2.22. The van der Waals surface area contributed by atoms with Crippen molar-refractivity contribution in [3.05, 3.63) is 54.1 Å². The number of aromatic nitrogens is 2. The number of hydrogen-bond acceptors (Lipinski definition) is 5. The molecule has 0 bridgehead atoms. The monoisotopic (exact) mass is 317 g/mol. The molecule has 3 rings (SSSR count). The average molecular weight is 317 g/mol. The molecule has 1 aromatic heterocycles. The molecule has 22 heavy (non-hydrogen) atoms. The summed E-state index contributed by atoms with van der Waals surface area (Å²) < 4.78 is 23.0. The molecule has 0 radical (unpaired) electrons. The SMILES string of the molecule is CS(=O)(=O)c1ccc(CN2CCC[C@H]2c2ccncn2)cc1. The van der Waals surface area contributed by atoms with Crippen molar-refractivity contribution < 1.29 is 8.42 Å². The molecule has 0 aliphatic carbocycles. The van der Waals surface area contributed by atoms with Crippen molar-refractivity contribution in [3.63, 3.8) is 0 Å². The highest BCUT2D eigenvalue weighted by Crippen LogP contribution is 2.31. The van der Waals surface area contributed by atoms with Crippen molar-refractivity contribution in [2.24, 2.45) is 0 Å². The molecule has 1 aliphatic rings. The van der Waals surface area contributed by atoms with E-state index >= 15 is 0 Å². The van der Waals surface area contributed by atoms with Crippen LogP contribution in [0.1, 0.15) is 30.1 Å². The molecule has 0 unspecified atom stereocenters. The lowest BCUT2D eigenvalue weighted by Gasteiger charge is -2.24. The fourth-order valence-corrected chi connectivity index (χ4v) is 3.56. The van der Waals surface area contributed by atoms with Crippen LogP contribution < -0.4 is 0 Å². The molecule has 5 nitrogen and oxygen atoms in total. The van der Waals surface area contributed by atoms with E-state index in [0.717, 1.165) is 37.2 Å². The van der Waals surface area contributed by atoms with Crippen LogP contribution in [0.3, 0.4) is 0 Å². The van der Waals surface area contributed by atoms with Crippen LogP contribution in [-0.2, 0) is 16.4 Å². The van der Waals surface area contributed by atoms with E-state index in [1.54, 1.807) is 24.7 Å². The number of sulfone groups is 1. The average Bonchev–Trinajstić information content (AvgIpc) is 2.96. The fraction of sp³-hybridized carbons (Fsp3) is 0.375. The van der Waals surface area contributed by atoms with Gasteiger partial charge in [0.25, 0.3) is 0 Å². The topological polar surface area (TPSA) is 63.2 Å². The third kappa shape index (κ3) is 3.34. The van der Waals surface area contributed by atoms with E-state index in [1.807, 2.05) is 18.2 Å². The van der Waals surface area contributed by atoms with Gasteiger partial charge in [-0.2, -0.15) is 0 Å². The standard InChI is InChI=1S/C16H19N3O2S/c1-22(20,21)14-6-4-13(5-7-14)11-19-10-2-3-16(19)15-8-9-17-12-18-15/h4-9,12,16H,2-3,10-11H2,1H3/t16-/m0/s1. The van der Waals surface area contributed by atoms with Gasteiger partial charge in [0.1, 0.15) is 6.33 Å². The summed E-state index contributed by atoms with van der Waals surface area (Å²) in [6.45, 7) is 1.83. The highest BCUT2D eigenvalue weighted by Gasteiger charge is 2.26. The van der Waals surface area contributed by atoms with E-state index in [1.165, 1.54) is 6.26 Å². The maximum atomic E-state index is 11.5. The predicted molar refractivity (Wildman–Crippen MR) is 84.0 cm³/mol. The molecule has 0 saturated carbocycles. The first-order valence-corrected chi connectivity index (χ1v) is 9.22. The van der Waals surface area contributed by atoms with Gasteiger partial charge in [-0.05, 0) is 43.1 Å². The fourth-order valence-electron chi connectivity index (χ4n) is 2.92. The Morgan fingerprint density at radius 1 is 1.23 bits per heavy atom. The molecule has 6 heteroatoms. The van der Waals surface area contributed by atoms with Crippen LogP contribution in [0.5, 0.6) is 0 Å². The summed E-state index contributed by atoms with van der Waals surface area (Å²) in [5.74, 6) is 0. The lowest BCUT2D eigenvalue weighted by molar-refractivity contribution is 0.244. The van der Waals surface area contributed by atoms with Gasteiger partial charge in [-0.3, -0.25) is 4.90 Å². The highest BCUT2D eigenvalue weighted by molar-refractivity contribution is 7.90. The zero-order valence-corrected chi connectivity index (χ0v) is 13.3. The van der Waals surface area contributed by atoms with Crippen LogP contribution in [0.4, 0.5) is 0 Å². The Labute approximate surface area is 130 Å². The normalized spacial score (nSPS) is 19.4. The molecule has 1 fully saturated rings. The van der Waals surface area contributed by atoms with Crippen molar-refractivity contribution in [1.29, 1.82) is 0 Å². The van der Waals surface area contributed by atoms with Gasteiger partial charge in [0.15, 0.2) is 9.84 Å². The quantitative estimate of drug-likeness (QED) is 0.865. The minimum absolute atomic E-state index is 0.317. The molecular weight excluding hydrogens is 298 g/mol. The highest BCUT2D eigenvalue weighted by atomic mass is 32.2. The number of hydrogen-bond donors (Lipinski definition) is 0. The molecule has 1 aliphatic heterocycles. The van der Waals surface area contributed by atoms with Gasteiger partial charge >= 0.3 is 0 Å². The number of benzene rings is 1. The van der Waals surface area contributed by atoms with Gasteiger partial charge in [-0.1, -0.05) is 12.1 Å². The van der Waals surface area contributed by atoms with Crippen LogP contribution in [0.15, 0.2) is 47.8 Å². The maximum absolute atomic E-state index is 11.5. The van der Waals surface area contributed by atoms with E-state index < -0.39 is 9.84 Å². The molecule has 0 N–H and O–H groups in total. The first-order chi connectivity index (χ1) is 10.5. The second-order valence-corrected chi connectivity index (χ2v) is 7.69. The third-order valence-electron chi connectivity index (χ3n) is 4.05. The van der Waals surface area contributed by atoms with Crippen molar-refractivity contribution in [1.82, 2.24) is 14.9 Å². The maximum Gasteiger partial charge on any atom is 0.175 e. The molecule has 2 heterocycles. The summed E-state index contributed by atoms with van der Waals surface area (Å²) in [7, 11) is -3.13. The number of likely N-dealkylation sites (tertiary alicyclic amines) is 1. The van der Waals surface area contributed by atoms with Gasteiger partial charge in [-0.25, -0.2) is 18.4 Å². The van der Waals surface area contributed by atoms with Crippen molar-refractivity contribution >= 4 is 9.84 Å². The van der Waals surface area contributed by atoms with E-state index in [2.05, 4.69) is 14.9 Å². The molecular formula is C16H19N3O2S. The lowest BCUT2D eigenvalue weighted by Crippen LogP contribution is -2.23. The first-order valence-electron chi connectivity index (χ1n) is 7.33. The second kappa shape index (κ2) is 6.14. The van der Waals surface area contributed by atoms with Crippen LogP contribution in [0.2, 0.25) is 0 Å². The van der Waals surface area contributed by atoms with Crippen LogP contribution >= 0.6 is 0 Å². The summed E-state index contributed by atoms with van der Waals surface area (Å²) in [4.78, 5) is 11.1. The smallest absolute Gasteiger partial charge is 0.175 e. The molecule has 1 atom stereocenters. The summed E-state index contributed by atoms with van der Waals surface area (Å²) in [6, 6.07) is 9.44. The zero-order chi connectivity index (χ0) is 15.6.